The van der Waals surface area contributed by atoms with Crippen LogP contribution < -0.4 is 5.32 Å². The van der Waals surface area contributed by atoms with E-state index < -0.39 is 0 Å². The topological polar surface area (TPSA) is 46.0 Å². The molecule has 0 spiro atoms. The summed E-state index contributed by atoms with van der Waals surface area (Å²) >= 11 is 7.65. The van der Waals surface area contributed by atoms with E-state index in [0.29, 0.717) is 0 Å². The van der Waals surface area contributed by atoms with E-state index in [0.717, 1.165) is 53.3 Å². The van der Waals surface area contributed by atoms with Crippen LogP contribution in [0.25, 0.3) is 10.6 Å². The number of aromatic nitrogens is 3. The summed E-state index contributed by atoms with van der Waals surface area (Å²) in [6, 6.07) is 8.13. The minimum atomic E-state index is 0.273. The lowest BCUT2D eigenvalue weighted by Gasteiger charge is -2.35. The average Bonchev–Trinajstić information content (AvgIpc) is 3.25. The van der Waals surface area contributed by atoms with Gasteiger partial charge in [0.15, 0.2) is 0 Å². The third-order valence-electron chi connectivity index (χ3n) is 4.52. The lowest BCUT2D eigenvalue weighted by atomic mass is 10.1. The van der Waals surface area contributed by atoms with E-state index in [1.165, 1.54) is 0 Å². The summed E-state index contributed by atoms with van der Waals surface area (Å²) in [6.07, 6.45) is 3.87. The SMILES string of the molecule is Cn1ccnc1C1CNCCN1Cc1csc(-c2ccc(Cl)cc2)n1. The predicted molar refractivity (Wildman–Crippen MR) is 102 cm³/mol. The van der Waals surface area contributed by atoms with Gasteiger partial charge >= 0.3 is 0 Å². The molecule has 2 aromatic heterocycles. The number of hydrogen-bond acceptors (Lipinski definition) is 5. The van der Waals surface area contributed by atoms with Crippen LogP contribution in [0.1, 0.15) is 17.6 Å². The molecule has 3 heterocycles. The van der Waals surface area contributed by atoms with Crippen molar-refractivity contribution in [2.45, 2.75) is 12.6 Å². The highest BCUT2D eigenvalue weighted by atomic mass is 35.5. The molecule has 0 aliphatic carbocycles. The molecule has 3 aromatic rings. The lowest BCUT2D eigenvalue weighted by molar-refractivity contribution is 0.143. The van der Waals surface area contributed by atoms with E-state index in [2.05, 4.69) is 32.2 Å². The van der Waals surface area contributed by atoms with Crippen LogP contribution in [-0.2, 0) is 13.6 Å². The van der Waals surface area contributed by atoms with Gasteiger partial charge in [-0.05, 0) is 12.1 Å². The first-order valence-electron chi connectivity index (χ1n) is 8.33. The van der Waals surface area contributed by atoms with Crippen LogP contribution in [0.3, 0.4) is 0 Å². The molecule has 5 nitrogen and oxygen atoms in total. The maximum absolute atomic E-state index is 5.97. The molecule has 0 bridgehead atoms. The van der Waals surface area contributed by atoms with Crippen LogP contribution >= 0.6 is 22.9 Å². The fourth-order valence-electron chi connectivity index (χ4n) is 3.20. The van der Waals surface area contributed by atoms with E-state index in [-0.39, 0.29) is 6.04 Å². The number of hydrogen-bond donors (Lipinski definition) is 1. The average molecular weight is 374 g/mol. The molecule has 1 fully saturated rings. The van der Waals surface area contributed by atoms with E-state index >= 15 is 0 Å². The third-order valence-corrected chi connectivity index (χ3v) is 5.71. The summed E-state index contributed by atoms with van der Waals surface area (Å²) in [5.74, 6) is 1.10. The molecule has 7 heteroatoms. The standard InChI is InChI=1S/C18H20ClN5S/c1-23-8-7-21-17(23)16-10-20-6-9-24(16)11-15-12-25-18(22-15)13-2-4-14(19)5-3-13/h2-5,7-8,12,16,20H,6,9-11H2,1H3. The zero-order valence-corrected chi connectivity index (χ0v) is 15.6. The molecule has 25 heavy (non-hydrogen) atoms. The highest BCUT2D eigenvalue weighted by Crippen LogP contribution is 2.27. The minimum Gasteiger partial charge on any atom is -0.337 e. The van der Waals surface area contributed by atoms with Crippen LogP contribution in [0.15, 0.2) is 42.0 Å². The molecule has 1 aromatic carbocycles. The Morgan fingerprint density at radius 3 is 2.92 bits per heavy atom. The smallest absolute Gasteiger partial charge is 0.127 e. The second-order valence-corrected chi connectivity index (χ2v) is 7.53. The summed E-state index contributed by atoms with van der Waals surface area (Å²) in [5.41, 5.74) is 2.22. The van der Waals surface area contributed by atoms with E-state index in [1.54, 1.807) is 11.3 Å². The molecular formula is C18H20ClN5S. The Morgan fingerprint density at radius 1 is 1.32 bits per heavy atom. The molecule has 1 unspecified atom stereocenters. The van der Waals surface area contributed by atoms with Crippen molar-refractivity contribution in [2.75, 3.05) is 19.6 Å². The molecular weight excluding hydrogens is 354 g/mol. The number of halogens is 1. The van der Waals surface area contributed by atoms with Crippen molar-refractivity contribution in [3.63, 3.8) is 0 Å². The number of thiazole rings is 1. The van der Waals surface area contributed by atoms with Gasteiger partial charge in [-0.2, -0.15) is 0 Å². The summed E-state index contributed by atoms with van der Waals surface area (Å²) in [7, 11) is 2.05. The van der Waals surface area contributed by atoms with Crippen molar-refractivity contribution in [1.29, 1.82) is 0 Å². The molecule has 0 radical (unpaired) electrons. The second-order valence-electron chi connectivity index (χ2n) is 6.24. The van der Waals surface area contributed by atoms with Gasteiger partial charge in [0.05, 0.1) is 11.7 Å². The van der Waals surface area contributed by atoms with Crippen molar-refractivity contribution in [3.8, 4) is 10.6 Å². The summed E-state index contributed by atoms with van der Waals surface area (Å²) in [5, 5.41) is 7.42. The first kappa shape index (κ1) is 16.7. The first-order chi connectivity index (χ1) is 12.2. The number of nitrogens with one attached hydrogen (secondary N) is 1. The Labute approximate surface area is 156 Å². The van der Waals surface area contributed by atoms with Crippen molar-refractivity contribution in [1.82, 2.24) is 24.8 Å². The maximum atomic E-state index is 5.97. The molecule has 0 amide bonds. The summed E-state index contributed by atoms with van der Waals surface area (Å²) in [4.78, 5) is 11.8. The normalized spacial score (nSPS) is 18.6. The van der Waals surface area contributed by atoms with Gasteiger partial charge in [0, 0.05) is 61.6 Å². The van der Waals surface area contributed by atoms with Gasteiger partial charge in [-0.15, -0.1) is 11.3 Å². The van der Waals surface area contributed by atoms with Gasteiger partial charge in [-0.1, -0.05) is 23.7 Å². The number of piperazine rings is 1. The molecule has 1 N–H and O–H groups in total. The molecule has 1 aliphatic heterocycles. The van der Waals surface area contributed by atoms with Crippen molar-refractivity contribution < 1.29 is 0 Å². The zero-order valence-electron chi connectivity index (χ0n) is 14.0. The number of aryl methyl sites for hydroxylation is 1. The fraction of sp³-hybridized carbons (Fsp3) is 0.333. The molecule has 1 saturated heterocycles. The van der Waals surface area contributed by atoms with Gasteiger partial charge in [0.1, 0.15) is 10.8 Å². The first-order valence-corrected chi connectivity index (χ1v) is 9.59. The number of imidazole rings is 1. The van der Waals surface area contributed by atoms with Gasteiger partial charge in [0.25, 0.3) is 0 Å². The Morgan fingerprint density at radius 2 is 2.16 bits per heavy atom. The van der Waals surface area contributed by atoms with Gasteiger partial charge in [-0.25, -0.2) is 9.97 Å². The monoisotopic (exact) mass is 373 g/mol. The summed E-state index contributed by atoms with van der Waals surface area (Å²) in [6.45, 7) is 3.74. The molecule has 0 saturated carbocycles. The Bertz CT molecular complexity index is 841. The van der Waals surface area contributed by atoms with E-state index in [1.807, 2.05) is 36.7 Å². The minimum absolute atomic E-state index is 0.273. The Kier molecular flexibility index (Phi) is 4.85. The lowest BCUT2D eigenvalue weighted by Crippen LogP contribution is -2.46. The van der Waals surface area contributed by atoms with Crippen LogP contribution in [-0.4, -0.2) is 39.1 Å². The van der Waals surface area contributed by atoms with Crippen molar-refractivity contribution in [2.24, 2.45) is 7.05 Å². The maximum Gasteiger partial charge on any atom is 0.127 e. The fourth-order valence-corrected chi connectivity index (χ4v) is 4.14. The molecule has 4 rings (SSSR count). The zero-order chi connectivity index (χ0) is 17.2. The van der Waals surface area contributed by atoms with E-state index in [9.17, 15) is 0 Å². The summed E-state index contributed by atoms with van der Waals surface area (Å²) < 4.78 is 2.10. The third kappa shape index (κ3) is 3.62. The predicted octanol–water partition coefficient (Wildman–Crippen LogP) is 3.34. The quantitative estimate of drug-likeness (QED) is 0.761. The Balaban J connectivity index is 1.52. The van der Waals surface area contributed by atoms with Crippen LogP contribution in [0.5, 0.6) is 0 Å². The van der Waals surface area contributed by atoms with Crippen LogP contribution in [0.2, 0.25) is 5.02 Å². The van der Waals surface area contributed by atoms with E-state index in [4.69, 9.17) is 16.6 Å². The number of benzene rings is 1. The Hall–Kier alpha value is -1.73. The second kappa shape index (κ2) is 7.25. The van der Waals surface area contributed by atoms with Crippen molar-refractivity contribution in [3.05, 3.63) is 58.6 Å². The number of rotatable bonds is 4. The molecule has 1 aliphatic rings. The van der Waals surface area contributed by atoms with Crippen molar-refractivity contribution >= 4 is 22.9 Å². The largest absolute Gasteiger partial charge is 0.337 e. The molecule has 130 valence electrons. The van der Waals surface area contributed by atoms with Crippen LogP contribution in [0.4, 0.5) is 0 Å². The highest BCUT2D eigenvalue weighted by molar-refractivity contribution is 7.13. The number of nitrogens with zero attached hydrogens (tertiary/aromatic N) is 4. The van der Waals surface area contributed by atoms with Gasteiger partial charge in [0.2, 0.25) is 0 Å². The highest BCUT2D eigenvalue weighted by Gasteiger charge is 2.27. The van der Waals surface area contributed by atoms with Crippen LogP contribution in [0, 0.1) is 0 Å². The molecule has 1 atom stereocenters. The van der Waals surface area contributed by atoms with Gasteiger partial charge < -0.3 is 9.88 Å². The van der Waals surface area contributed by atoms with Gasteiger partial charge in [-0.3, -0.25) is 4.90 Å².